The largest absolute Gasteiger partial charge is 0.368 e. The minimum absolute atomic E-state index is 0.0442. The molecule has 0 unspecified atom stereocenters. The molecule has 0 spiro atoms. The van der Waals surface area contributed by atoms with Gasteiger partial charge in [0.1, 0.15) is 5.56 Å². The number of hydrogen-bond donors (Lipinski definition) is 0. The van der Waals surface area contributed by atoms with E-state index in [2.05, 4.69) is 30.9 Å². The summed E-state index contributed by atoms with van der Waals surface area (Å²) in [5, 5.41) is 11.5. The highest BCUT2D eigenvalue weighted by Gasteiger charge is 2.28. The molecule has 0 atom stereocenters. The van der Waals surface area contributed by atoms with Crippen LogP contribution in [-0.2, 0) is 0 Å². The maximum Gasteiger partial charge on any atom is 0.282 e. The second-order valence-corrected chi connectivity index (χ2v) is 6.85. The fourth-order valence-corrected chi connectivity index (χ4v) is 3.41. The molecule has 0 saturated carbocycles. The van der Waals surface area contributed by atoms with Crippen LogP contribution in [-0.4, -0.2) is 41.9 Å². The van der Waals surface area contributed by atoms with Gasteiger partial charge in [-0.25, -0.2) is 0 Å². The topological polar surface area (TPSA) is 66.7 Å². The van der Waals surface area contributed by atoms with Gasteiger partial charge in [-0.2, -0.15) is 0 Å². The lowest BCUT2D eigenvalue weighted by molar-refractivity contribution is -0.385. The van der Waals surface area contributed by atoms with Crippen LogP contribution in [0, 0.1) is 24.0 Å². The highest BCUT2D eigenvalue weighted by Crippen LogP contribution is 2.27. The summed E-state index contributed by atoms with van der Waals surface area (Å²) in [6.45, 7) is 6.56. The van der Waals surface area contributed by atoms with Crippen LogP contribution >= 0.6 is 11.6 Å². The number of nitro benzene ring substituents is 1. The Labute approximate surface area is 157 Å². The summed E-state index contributed by atoms with van der Waals surface area (Å²) >= 11 is 5.94. The number of halogens is 1. The lowest BCUT2D eigenvalue weighted by Gasteiger charge is -2.37. The molecule has 1 aliphatic heterocycles. The lowest BCUT2D eigenvalue weighted by atomic mass is 10.1. The fraction of sp³-hybridized carbons (Fsp3) is 0.316. The molecule has 2 aromatic carbocycles. The first-order valence-corrected chi connectivity index (χ1v) is 8.80. The lowest BCUT2D eigenvalue weighted by Crippen LogP contribution is -2.49. The second-order valence-electron chi connectivity index (χ2n) is 6.42. The van der Waals surface area contributed by atoms with E-state index in [-0.39, 0.29) is 17.2 Å². The molecule has 1 amide bonds. The first-order valence-electron chi connectivity index (χ1n) is 8.43. The first-order chi connectivity index (χ1) is 12.4. The number of aryl methyl sites for hydroxylation is 1. The molecule has 0 aliphatic carbocycles. The zero-order valence-electron chi connectivity index (χ0n) is 14.7. The van der Waals surface area contributed by atoms with Crippen molar-refractivity contribution < 1.29 is 9.72 Å². The molecule has 1 heterocycles. The average Bonchev–Trinajstić information content (AvgIpc) is 2.63. The van der Waals surface area contributed by atoms with Gasteiger partial charge in [0.15, 0.2) is 0 Å². The third-order valence-corrected chi connectivity index (χ3v) is 5.10. The number of carbonyl (C=O) groups excluding carboxylic acids is 1. The van der Waals surface area contributed by atoms with Crippen molar-refractivity contribution in [2.75, 3.05) is 31.1 Å². The number of amides is 1. The van der Waals surface area contributed by atoms with E-state index in [4.69, 9.17) is 11.6 Å². The maximum atomic E-state index is 12.8. The summed E-state index contributed by atoms with van der Waals surface area (Å²) in [6.07, 6.45) is 0. The number of anilines is 1. The van der Waals surface area contributed by atoms with Crippen LogP contribution in [0.4, 0.5) is 11.4 Å². The van der Waals surface area contributed by atoms with Gasteiger partial charge in [0.25, 0.3) is 11.6 Å². The molecule has 0 N–H and O–H groups in total. The van der Waals surface area contributed by atoms with E-state index in [0.29, 0.717) is 31.2 Å². The summed E-state index contributed by atoms with van der Waals surface area (Å²) in [4.78, 5) is 27.4. The molecular weight excluding hydrogens is 354 g/mol. The van der Waals surface area contributed by atoms with Crippen LogP contribution in [0.3, 0.4) is 0 Å². The van der Waals surface area contributed by atoms with Crippen molar-refractivity contribution in [1.29, 1.82) is 0 Å². The number of nitro groups is 1. The molecule has 26 heavy (non-hydrogen) atoms. The van der Waals surface area contributed by atoms with Gasteiger partial charge in [-0.3, -0.25) is 14.9 Å². The van der Waals surface area contributed by atoms with E-state index in [9.17, 15) is 14.9 Å². The van der Waals surface area contributed by atoms with E-state index in [1.165, 1.54) is 35.0 Å². The van der Waals surface area contributed by atoms with Crippen molar-refractivity contribution in [3.05, 3.63) is 68.2 Å². The van der Waals surface area contributed by atoms with Crippen molar-refractivity contribution in [3.8, 4) is 0 Å². The molecule has 6 nitrogen and oxygen atoms in total. The zero-order valence-corrected chi connectivity index (χ0v) is 15.5. The molecule has 0 bridgehead atoms. The van der Waals surface area contributed by atoms with Crippen molar-refractivity contribution in [2.24, 2.45) is 0 Å². The van der Waals surface area contributed by atoms with Crippen LogP contribution in [0.1, 0.15) is 21.5 Å². The predicted molar refractivity (Wildman–Crippen MR) is 102 cm³/mol. The molecule has 0 aromatic heterocycles. The van der Waals surface area contributed by atoms with Crippen molar-refractivity contribution in [1.82, 2.24) is 4.90 Å². The van der Waals surface area contributed by atoms with E-state index in [1.54, 1.807) is 4.90 Å². The normalized spacial score (nSPS) is 14.4. The van der Waals surface area contributed by atoms with Crippen molar-refractivity contribution >= 4 is 28.9 Å². The van der Waals surface area contributed by atoms with Crippen LogP contribution in [0.5, 0.6) is 0 Å². The highest BCUT2D eigenvalue weighted by molar-refractivity contribution is 6.31. The Hall–Kier alpha value is -2.60. The van der Waals surface area contributed by atoms with Gasteiger partial charge in [0.05, 0.1) is 4.92 Å². The van der Waals surface area contributed by atoms with E-state index < -0.39 is 4.92 Å². The predicted octanol–water partition coefficient (Wildman–Crippen LogP) is 3.83. The van der Waals surface area contributed by atoms with Crippen LogP contribution < -0.4 is 4.90 Å². The number of rotatable bonds is 3. The maximum absolute atomic E-state index is 12.8. The monoisotopic (exact) mass is 373 g/mol. The third-order valence-electron chi connectivity index (χ3n) is 4.87. The Bertz CT molecular complexity index is 861. The van der Waals surface area contributed by atoms with E-state index in [0.717, 1.165) is 0 Å². The zero-order chi connectivity index (χ0) is 18.8. The number of benzene rings is 2. The first kappa shape index (κ1) is 18.2. The van der Waals surface area contributed by atoms with Gasteiger partial charge in [0, 0.05) is 43.0 Å². The van der Waals surface area contributed by atoms with Gasteiger partial charge in [-0.15, -0.1) is 0 Å². The quantitative estimate of drug-likeness (QED) is 0.605. The van der Waals surface area contributed by atoms with E-state index >= 15 is 0 Å². The molecule has 1 saturated heterocycles. The summed E-state index contributed by atoms with van der Waals surface area (Å²) in [7, 11) is 0. The molecule has 1 fully saturated rings. The van der Waals surface area contributed by atoms with Crippen molar-refractivity contribution in [2.45, 2.75) is 13.8 Å². The molecule has 136 valence electrons. The Morgan fingerprint density at radius 1 is 1.12 bits per heavy atom. The number of nitrogens with zero attached hydrogens (tertiary/aromatic N) is 3. The SMILES string of the molecule is Cc1cccc(N2CCN(C(=O)c3cc(Cl)ccc3[N+](=O)[O-])CC2)c1C. The van der Waals surface area contributed by atoms with Gasteiger partial charge >= 0.3 is 0 Å². The smallest absolute Gasteiger partial charge is 0.282 e. The van der Waals surface area contributed by atoms with E-state index in [1.807, 2.05) is 6.07 Å². The van der Waals surface area contributed by atoms with Gasteiger partial charge in [-0.1, -0.05) is 23.7 Å². The fourth-order valence-electron chi connectivity index (χ4n) is 3.24. The van der Waals surface area contributed by atoms with Crippen LogP contribution in [0.2, 0.25) is 5.02 Å². The minimum atomic E-state index is -0.546. The van der Waals surface area contributed by atoms with Crippen LogP contribution in [0.15, 0.2) is 36.4 Å². The minimum Gasteiger partial charge on any atom is -0.368 e. The molecule has 1 aliphatic rings. The van der Waals surface area contributed by atoms with Gasteiger partial charge < -0.3 is 9.80 Å². The Morgan fingerprint density at radius 2 is 1.81 bits per heavy atom. The van der Waals surface area contributed by atoms with Crippen LogP contribution in [0.25, 0.3) is 0 Å². The standard InChI is InChI=1S/C19H20ClN3O3/c1-13-4-3-5-17(14(13)2)21-8-10-22(11-9-21)19(24)16-12-15(20)6-7-18(16)23(25)26/h3-7,12H,8-11H2,1-2H3. The van der Waals surface area contributed by atoms with Gasteiger partial charge in [-0.05, 0) is 43.2 Å². The average molecular weight is 374 g/mol. The molecule has 3 rings (SSSR count). The van der Waals surface area contributed by atoms with Crippen molar-refractivity contribution in [3.63, 3.8) is 0 Å². The molecule has 0 radical (unpaired) electrons. The second kappa shape index (κ2) is 7.33. The third kappa shape index (κ3) is 3.51. The molecular formula is C19H20ClN3O3. The molecule has 2 aromatic rings. The van der Waals surface area contributed by atoms with Gasteiger partial charge in [0.2, 0.25) is 0 Å². The number of carbonyl (C=O) groups is 1. The Balaban J connectivity index is 1.76. The highest BCUT2D eigenvalue weighted by atomic mass is 35.5. The Kier molecular flexibility index (Phi) is 5.13. The summed E-state index contributed by atoms with van der Waals surface area (Å²) < 4.78 is 0. The number of piperazine rings is 1. The summed E-state index contributed by atoms with van der Waals surface area (Å²) in [5.41, 5.74) is 3.47. The Morgan fingerprint density at radius 3 is 2.46 bits per heavy atom. The molecule has 7 heteroatoms. The summed E-state index contributed by atoms with van der Waals surface area (Å²) in [5.74, 6) is -0.347. The number of hydrogen-bond acceptors (Lipinski definition) is 4. The summed E-state index contributed by atoms with van der Waals surface area (Å²) in [6, 6.07) is 10.3.